The highest BCUT2D eigenvalue weighted by Gasteiger charge is 2.04. The van der Waals surface area contributed by atoms with Gasteiger partial charge >= 0.3 is 0 Å². The first-order valence-corrected chi connectivity index (χ1v) is 4.78. The second-order valence-electron chi connectivity index (χ2n) is 2.51. The van der Waals surface area contributed by atoms with Crippen molar-refractivity contribution in [3.05, 3.63) is 11.6 Å². The Labute approximate surface area is 70.3 Å². The summed E-state index contributed by atoms with van der Waals surface area (Å²) in [4.78, 5) is 2.34. The summed E-state index contributed by atoms with van der Waals surface area (Å²) in [7, 11) is 2.17. The smallest absolute Gasteiger partial charge is 0.0206 e. The molecule has 0 N–H and O–H groups in total. The number of alkyl halides is 1. The van der Waals surface area contributed by atoms with Gasteiger partial charge < -0.3 is 4.90 Å². The maximum atomic E-state index is 2.43. The summed E-state index contributed by atoms with van der Waals surface area (Å²) in [5.41, 5.74) is 1.62. The Kier molecular flexibility index (Phi) is 2.98. The van der Waals surface area contributed by atoms with E-state index in [9.17, 15) is 0 Å². The lowest BCUT2D eigenvalue weighted by molar-refractivity contribution is 0.360. The van der Waals surface area contributed by atoms with Gasteiger partial charge in [0.05, 0.1) is 0 Å². The van der Waals surface area contributed by atoms with E-state index in [2.05, 4.69) is 40.6 Å². The molecule has 0 aromatic carbocycles. The average Bonchev–Trinajstić information content (AvgIpc) is 1.90. The third kappa shape index (κ3) is 2.26. The number of hydrogen-bond acceptors (Lipinski definition) is 1. The predicted molar refractivity (Wildman–Crippen MR) is 49.1 cm³/mol. The van der Waals surface area contributed by atoms with Gasteiger partial charge in [-0.3, -0.25) is 0 Å². The molecule has 1 rings (SSSR count). The number of halogens is 1. The molecule has 0 saturated carbocycles. The lowest BCUT2D eigenvalue weighted by Crippen LogP contribution is -2.24. The summed E-state index contributed by atoms with van der Waals surface area (Å²) in [6.45, 7) is 2.40. The van der Waals surface area contributed by atoms with Crippen LogP contribution in [0.25, 0.3) is 0 Å². The third-order valence-electron chi connectivity index (χ3n) is 1.68. The van der Waals surface area contributed by atoms with Gasteiger partial charge in [-0.15, -0.1) is 0 Å². The van der Waals surface area contributed by atoms with Crippen molar-refractivity contribution in [1.29, 1.82) is 0 Å². The Morgan fingerprint density at radius 3 is 3.00 bits per heavy atom. The first kappa shape index (κ1) is 7.54. The van der Waals surface area contributed by atoms with Crippen LogP contribution < -0.4 is 0 Å². The van der Waals surface area contributed by atoms with E-state index in [1.165, 1.54) is 17.4 Å². The number of likely N-dealkylation sites (N-methyl/N-ethyl adjacent to an activating group) is 1. The van der Waals surface area contributed by atoms with Crippen LogP contribution in [0, 0.1) is 0 Å². The number of nitrogens with zero attached hydrogens (tertiary/aromatic N) is 1. The van der Waals surface area contributed by atoms with Gasteiger partial charge in [0.2, 0.25) is 0 Å². The van der Waals surface area contributed by atoms with Gasteiger partial charge in [0.15, 0.2) is 0 Å². The minimum atomic E-state index is 1.15. The molecule has 0 aromatic rings. The minimum absolute atomic E-state index is 1.15. The van der Waals surface area contributed by atoms with Crippen LogP contribution in [0.15, 0.2) is 11.6 Å². The molecule has 0 unspecified atom stereocenters. The van der Waals surface area contributed by atoms with Crippen molar-refractivity contribution in [2.45, 2.75) is 6.42 Å². The Bertz CT molecular complexity index is 120. The molecule has 0 fully saturated rings. The molecule has 0 bridgehead atoms. The third-order valence-corrected chi connectivity index (χ3v) is 2.66. The van der Waals surface area contributed by atoms with Gasteiger partial charge in [-0.05, 0) is 13.5 Å². The van der Waals surface area contributed by atoms with Crippen LogP contribution in [0.3, 0.4) is 0 Å². The van der Waals surface area contributed by atoms with E-state index in [1.807, 2.05) is 0 Å². The lowest BCUT2D eigenvalue weighted by Gasteiger charge is -2.20. The summed E-state index contributed by atoms with van der Waals surface area (Å²) in [5.74, 6) is 0. The van der Waals surface area contributed by atoms with Crippen molar-refractivity contribution in [2.24, 2.45) is 0 Å². The molecule has 0 saturated heterocycles. The lowest BCUT2D eigenvalue weighted by atomic mass is 10.1. The second kappa shape index (κ2) is 3.56. The topological polar surface area (TPSA) is 3.24 Å². The molecule has 1 aliphatic rings. The van der Waals surface area contributed by atoms with E-state index < -0.39 is 0 Å². The molecule has 1 aliphatic heterocycles. The largest absolute Gasteiger partial charge is 0.302 e. The Morgan fingerprint density at radius 1 is 1.78 bits per heavy atom. The van der Waals surface area contributed by atoms with Crippen molar-refractivity contribution in [3.63, 3.8) is 0 Å². The van der Waals surface area contributed by atoms with Crippen LogP contribution in [-0.4, -0.2) is 29.5 Å². The van der Waals surface area contributed by atoms with E-state index in [0.717, 1.165) is 6.54 Å². The minimum Gasteiger partial charge on any atom is -0.302 e. The van der Waals surface area contributed by atoms with Crippen LogP contribution in [0.2, 0.25) is 0 Å². The zero-order chi connectivity index (χ0) is 6.69. The zero-order valence-corrected chi connectivity index (χ0v) is 7.89. The molecule has 52 valence electrons. The fourth-order valence-corrected chi connectivity index (χ4v) is 1.63. The molecular formula is C7H12IN. The SMILES string of the molecule is CN1CC=C(CI)CC1. The number of hydrogen-bond donors (Lipinski definition) is 0. The van der Waals surface area contributed by atoms with Crippen LogP contribution in [0.4, 0.5) is 0 Å². The van der Waals surface area contributed by atoms with Gasteiger partial charge in [0, 0.05) is 17.5 Å². The highest BCUT2D eigenvalue weighted by atomic mass is 127. The Morgan fingerprint density at radius 2 is 2.56 bits per heavy atom. The molecule has 2 heteroatoms. The number of rotatable bonds is 1. The maximum absolute atomic E-state index is 2.43. The highest BCUT2D eigenvalue weighted by Crippen LogP contribution is 2.10. The molecule has 0 spiro atoms. The van der Waals surface area contributed by atoms with Crippen LogP contribution in [0.5, 0.6) is 0 Å². The van der Waals surface area contributed by atoms with E-state index in [1.54, 1.807) is 5.57 Å². The van der Waals surface area contributed by atoms with Gasteiger partial charge in [-0.1, -0.05) is 34.2 Å². The van der Waals surface area contributed by atoms with Gasteiger partial charge in [0.1, 0.15) is 0 Å². The van der Waals surface area contributed by atoms with E-state index in [4.69, 9.17) is 0 Å². The van der Waals surface area contributed by atoms with E-state index >= 15 is 0 Å². The van der Waals surface area contributed by atoms with Crippen LogP contribution in [0.1, 0.15) is 6.42 Å². The summed E-state index contributed by atoms with van der Waals surface area (Å²) in [6.07, 6.45) is 3.62. The molecule has 0 atom stereocenters. The van der Waals surface area contributed by atoms with E-state index in [0.29, 0.717) is 0 Å². The average molecular weight is 237 g/mol. The van der Waals surface area contributed by atoms with Crippen molar-refractivity contribution in [2.75, 3.05) is 24.6 Å². The zero-order valence-electron chi connectivity index (χ0n) is 5.73. The Hall–Kier alpha value is 0.430. The van der Waals surface area contributed by atoms with Crippen molar-refractivity contribution in [1.82, 2.24) is 4.90 Å². The van der Waals surface area contributed by atoms with Crippen LogP contribution >= 0.6 is 22.6 Å². The fourth-order valence-electron chi connectivity index (χ4n) is 0.934. The van der Waals surface area contributed by atoms with Gasteiger partial charge in [-0.2, -0.15) is 0 Å². The summed E-state index contributed by atoms with van der Waals surface area (Å²) in [5, 5.41) is 0. The molecule has 1 nitrogen and oxygen atoms in total. The summed E-state index contributed by atoms with van der Waals surface area (Å²) in [6, 6.07) is 0. The molecule has 9 heavy (non-hydrogen) atoms. The highest BCUT2D eigenvalue weighted by molar-refractivity contribution is 14.1. The van der Waals surface area contributed by atoms with Crippen LogP contribution in [-0.2, 0) is 0 Å². The predicted octanol–water partition coefficient (Wildman–Crippen LogP) is 1.68. The summed E-state index contributed by atoms with van der Waals surface area (Å²) >= 11 is 2.43. The second-order valence-corrected chi connectivity index (χ2v) is 3.27. The molecule has 0 radical (unpaired) electrons. The standard InChI is InChI=1S/C7H12IN/c1-9-4-2-7(6-8)3-5-9/h2H,3-6H2,1H3. The first-order chi connectivity index (χ1) is 4.33. The van der Waals surface area contributed by atoms with Gasteiger partial charge in [0.25, 0.3) is 0 Å². The molecule has 0 aliphatic carbocycles. The Balaban J connectivity index is 2.40. The quantitative estimate of drug-likeness (QED) is 0.381. The first-order valence-electron chi connectivity index (χ1n) is 3.25. The van der Waals surface area contributed by atoms with Crippen molar-refractivity contribution >= 4 is 22.6 Å². The summed E-state index contributed by atoms with van der Waals surface area (Å²) < 4.78 is 1.21. The molecule has 1 heterocycles. The molecule has 0 amide bonds. The van der Waals surface area contributed by atoms with Crippen molar-refractivity contribution < 1.29 is 0 Å². The normalized spacial score (nSPS) is 21.8. The molecule has 0 aromatic heterocycles. The van der Waals surface area contributed by atoms with Gasteiger partial charge in [-0.25, -0.2) is 0 Å². The van der Waals surface area contributed by atoms with Crippen molar-refractivity contribution in [3.8, 4) is 0 Å². The van der Waals surface area contributed by atoms with E-state index in [-0.39, 0.29) is 0 Å². The maximum Gasteiger partial charge on any atom is 0.0206 e. The monoisotopic (exact) mass is 237 g/mol. The molecular weight excluding hydrogens is 225 g/mol. The fraction of sp³-hybridized carbons (Fsp3) is 0.714.